The lowest BCUT2D eigenvalue weighted by molar-refractivity contribution is -0.172. The molecule has 0 heterocycles. The van der Waals surface area contributed by atoms with Crippen LogP contribution in [0, 0.1) is 12.6 Å². The molecule has 0 aromatic heterocycles. The molecule has 0 unspecified atom stereocenters. The van der Waals surface area contributed by atoms with Crippen molar-refractivity contribution in [1.29, 1.82) is 0 Å². The second-order valence-corrected chi connectivity index (χ2v) is 8.38. The van der Waals surface area contributed by atoms with Crippen molar-refractivity contribution in [2.45, 2.75) is 26.7 Å². The Morgan fingerprint density at radius 2 is 1.15 bits per heavy atom. The summed E-state index contributed by atoms with van der Waals surface area (Å²) in [7, 11) is 0. The van der Waals surface area contributed by atoms with Gasteiger partial charge in [0.1, 0.15) is 0 Å². The van der Waals surface area contributed by atoms with Gasteiger partial charge in [0.15, 0.2) is 5.41 Å². The molecule has 0 saturated carbocycles. The normalized spacial score (nSPS) is 11.1. The number of esters is 2. The summed E-state index contributed by atoms with van der Waals surface area (Å²) in [5.74, 6) is -1.08. The van der Waals surface area contributed by atoms with Gasteiger partial charge in [-0.1, -0.05) is 36.4 Å². The number of hydrogen-bond donors (Lipinski definition) is 0. The van der Waals surface area contributed by atoms with Crippen LogP contribution in [0.25, 0.3) is 0 Å². The summed E-state index contributed by atoms with van der Waals surface area (Å²) in [5.41, 5.74) is 0.421. The van der Waals surface area contributed by atoms with Crippen LogP contribution in [0.2, 0.25) is 0 Å². The zero-order chi connectivity index (χ0) is 19.9. The molecule has 0 aliphatic rings. The van der Waals surface area contributed by atoms with Crippen LogP contribution in [0.3, 0.4) is 0 Å². The first-order valence-electron chi connectivity index (χ1n) is 8.75. The van der Waals surface area contributed by atoms with Gasteiger partial charge in [-0.25, -0.2) is 0 Å². The van der Waals surface area contributed by atoms with Crippen LogP contribution >= 0.6 is 45.2 Å². The van der Waals surface area contributed by atoms with E-state index >= 15 is 0 Å². The smallest absolute Gasteiger partial charge is 0.324 e. The summed E-state index contributed by atoms with van der Waals surface area (Å²) in [6.07, 6.45) is 0.462. The van der Waals surface area contributed by atoms with E-state index in [2.05, 4.69) is 45.2 Å². The van der Waals surface area contributed by atoms with Crippen LogP contribution in [0.4, 0.5) is 0 Å². The van der Waals surface area contributed by atoms with Gasteiger partial charge in [0.2, 0.25) is 0 Å². The first-order chi connectivity index (χ1) is 12.9. The van der Waals surface area contributed by atoms with Crippen molar-refractivity contribution in [2.75, 3.05) is 13.2 Å². The fraction of sp³-hybridized carbons (Fsp3) is 0.333. The van der Waals surface area contributed by atoms with E-state index in [4.69, 9.17) is 9.47 Å². The summed E-state index contributed by atoms with van der Waals surface area (Å²) in [4.78, 5) is 26.2. The number of halogens is 2. The molecule has 0 amide bonds. The van der Waals surface area contributed by atoms with Crippen molar-refractivity contribution in [3.05, 3.63) is 66.8 Å². The summed E-state index contributed by atoms with van der Waals surface area (Å²) < 4.78 is 12.7. The monoisotopic (exact) mass is 592 g/mol. The van der Waals surface area contributed by atoms with Gasteiger partial charge in [-0.2, -0.15) is 0 Å². The van der Waals surface area contributed by atoms with Crippen LogP contribution in [0.15, 0.2) is 48.5 Å². The summed E-state index contributed by atoms with van der Waals surface area (Å²) >= 11 is 4.44. The molecule has 0 aliphatic heterocycles. The van der Waals surface area contributed by atoms with E-state index in [-0.39, 0.29) is 26.1 Å². The maximum Gasteiger partial charge on any atom is 0.324 e. The highest BCUT2D eigenvalue weighted by Gasteiger charge is 2.49. The molecule has 27 heavy (non-hydrogen) atoms. The molecule has 0 atom stereocenters. The summed E-state index contributed by atoms with van der Waals surface area (Å²) in [6.45, 7) is 3.90. The first kappa shape index (κ1) is 22.1. The number of rotatable bonds is 8. The average Bonchev–Trinajstić information content (AvgIpc) is 2.65. The number of carbonyl (C=O) groups is 2. The Hall–Kier alpha value is -1.16. The van der Waals surface area contributed by atoms with Crippen molar-refractivity contribution in [3.63, 3.8) is 0 Å². The highest BCUT2D eigenvalue weighted by molar-refractivity contribution is 14.1. The van der Waals surface area contributed by atoms with Gasteiger partial charge in [0.25, 0.3) is 0 Å². The molecular weight excluding hydrogens is 570 g/mol. The van der Waals surface area contributed by atoms with Crippen LogP contribution in [-0.4, -0.2) is 25.2 Å². The zero-order valence-electron chi connectivity index (χ0n) is 15.3. The minimum absolute atomic E-state index is 0.206. The summed E-state index contributed by atoms with van der Waals surface area (Å²) in [5, 5.41) is 0. The number of carbonyl (C=O) groups excluding carboxylic acids is 2. The lowest BCUT2D eigenvalue weighted by atomic mass is 9.76. The van der Waals surface area contributed by atoms with Crippen LogP contribution in [0.1, 0.15) is 25.0 Å². The van der Waals surface area contributed by atoms with Crippen molar-refractivity contribution in [1.82, 2.24) is 0 Å². The Balaban J connectivity index is 2.57. The minimum Gasteiger partial charge on any atom is -0.465 e. The Labute approximate surface area is 187 Å². The van der Waals surface area contributed by atoms with Gasteiger partial charge in [-0.15, -0.1) is 0 Å². The predicted octanol–water partition coefficient (Wildman–Crippen LogP) is 4.79. The molecule has 0 spiro atoms. The van der Waals surface area contributed by atoms with E-state index in [9.17, 15) is 9.59 Å². The molecule has 0 saturated heterocycles. The standard InChI is InChI=1S/C21H22I2O4/c1-3-26-19(24)21(20(25)27-4-2,13-15-9-5-7-11-17(15)22)14-16-10-6-8-12-18(16)23/h5-12H,3-4,13-14H2,1-2H3. The second kappa shape index (κ2) is 10.4. The Morgan fingerprint density at radius 1 is 0.778 bits per heavy atom. The Morgan fingerprint density at radius 3 is 1.48 bits per heavy atom. The average molecular weight is 592 g/mol. The molecule has 4 nitrogen and oxygen atoms in total. The van der Waals surface area contributed by atoms with Crippen molar-refractivity contribution in [3.8, 4) is 0 Å². The molecule has 2 rings (SSSR count). The van der Waals surface area contributed by atoms with Crippen molar-refractivity contribution >= 4 is 57.1 Å². The molecule has 2 aromatic carbocycles. The molecule has 0 aliphatic carbocycles. The molecule has 6 heteroatoms. The van der Waals surface area contributed by atoms with E-state index in [1.54, 1.807) is 13.8 Å². The number of ether oxygens (including phenoxy) is 2. The third-order valence-electron chi connectivity index (χ3n) is 4.23. The minimum atomic E-state index is -1.42. The lowest BCUT2D eigenvalue weighted by Gasteiger charge is -2.30. The summed E-state index contributed by atoms with van der Waals surface area (Å²) in [6, 6.07) is 15.5. The number of benzene rings is 2. The molecule has 2 aromatic rings. The van der Waals surface area contributed by atoms with Gasteiger partial charge in [-0.05, 0) is 82.3 Å². The quantitative estimate of drug-likeness (QED) is 0.252. The molecular formula is C21H22I2O4. The first-order valence-corrected chi connectivity index (χ1v) is 10.9. The molecule has 0 N–H and O–H groups in total. The Kier molecular flexibility index (Phi) is 8.53. The predicted molar refractivity (Wildman–Crippen MR) is 121 cm³/mol. The van der Waals surface area contributed by atoms with Gasteiger partial charge in [0.05, 0.1) is 13.2 Å². The van der Waals surface area contributed by atoms with Crippen LogP contribution in [-0.2, 0) is 31.9 Å². The highest BCUT2D eigenvalue weighted by Crippen LogP contribution is 2.34. The number of hydrogen-bond acceptors (Lipinski definition) is 4. The fourth-order valence-electron chi connectivity index (χ4n) is 2.91. The molecule has 0 bridgehead atoms. The molecule has 0 radical (unpaired) electrons. The molecule has 0 fully saturated rings. The van der Waals surface area contributed by atoms with Gasteiger partial charge in [-0.3, -0.25) is 9.59 Å². The van der Waals surface area contributed by atoms with Crippen LogP contribution < -0.4 is 0 Å². The van der Waals surface area contributed by atoms with E-state index in [1.165, 1.54) is 0 Å². The van der Waals surface area contributed by atoms with Crippen LogP contribution in [0.5, 0.6) is 0 Å². The third kappa shape index (κ3) is 5.43. The Bertz CT molecular complexity index is 737. The van der Waals surface area contributed by atoms with E-state index in [0.29, 0.717) is 0 Å². The van der Waals surface area contributed by atoms with Gasteiger partial charge < -0.3 is 9.47 Å². The fourth-order valence-corrected chi connectivity index (χ4v) is 4.06. The largest absolute Gasteiger partial charge is 0.465 e. The topological polar surface area (TPSA) is 52.6 Å². The maximum atomic E-state index is 13.1. The molecule has 144 valence electrons. The lowest BCUT2D eigenvalue weighted by Crippen LogP contribution is -2.46. The van der Waals surface area contributed by atoms with Crippen molar-refractivity contribution in [2.24, 2.45) is 5.41 Å². The van der Waals surface area contributed by atoms with E-state index < -0.39 is 17.4 Å². The van der Waals surface area contributed by atoms with E-state index in [1.807, 2.05) is 48.5 Å². The highest BCUT2D eigenvalue weighted by atomic mass is 127. The maximum absolute atomic E-state index is 13.1. The third-order valence-corrected chi connectivity index (χ3v) is 6.34. The van der Waals surface area contributed by atoms with Crippen molar-refractivity contribution < 1.29 is 19.1 Å². The second-order valence-electron chi connectivity index (χ2n) is 6.06. The van der Waals surface area contributed by atoms with Gasteiger partial charge in [0, 0.05) is 20.0 Å². The van der Waals surface area contributed by atoms with E-state index in [0.717, 1.165) is 18.3 Å². The SMILES string of the molecule is CCOC(=O)C(Cc1ccccc1I)(Cc1ccccc1I)C(=O)OCC. The zero-order valence-corrected chi connectivity index (χ0v) is 19.7. The van der Waals surface area contributed by atoms with Gasteiger partial charge >= 0.3 is 11.9 Å².